The zero-order valence-electron chi connectivity index (χ0n) is 21.6. The van der Waals surface area contributed by atoms with Crippen molar-refractivity contribution in [2.24, 2.45) is 0 Å². The van der Waals surface area contributed by atoms with Crippen LogP contribution in [0.5, 0.6) is 11.5 Å². The topological polar surface area (TPSA) is 114 Å². The van der Waals surface area contributed by atoms with Crippen molar-refractivity contribution in [2.75, 3.05) is 6.26 Å². The summed E-state index contributed by atoms with van der Waals surface area (Å²) >= 11 is 0. The number of nitrogens with one attached hydrogen (secondary N) is 1. The van der Waals surface area contributed by atoms with Crippen LogP contribution in [-0.4, -0.2) is 40.5 Å². The Balaban J connectivity index is 1.45. The standard InChI is InChI=1S/C29H25F2N3O5S/c1-17(19-5-3-4-18(14-19)6-9-27(35)36)34-13-11-25(33-34)22-15-20(7-8-23(22)30)39-28-24(31)16-26-21(10-12-32-26)29(28)40(2,37)38/h3-5,7-8,10-17,32H,6,9H2,1-2H3,(H,35,36). The lowest BCUT2D eigenvalue weighted by Gasteiger charge is -2.14. The molecule has 3 aromatic carbocycles. The van der Waals surface area contributed by atoms with E-state index in [2.05, 4.69) is 10.1 Å². The van der Waals surface area contributed by atoms with Crippen LogP contribution in [0.3, 0.4) is 0 Å². The molecule has 0 saturated carbocycles. The van der Waals surface area contributed by atoms with E-state index in [9.17, 15) is 17.6 Å². The summed E-state index contributed by atoms with van der Waals surface area (Å²) in [7, 11) is -3.89. The fraction of sp³-hybridized carbons (Fsp3) is 0.172. The molecule has 2 aromatic heterocycles. The number of fused-ring (bicyclic) bond motifs is 1. The number of aryl methyl sites for hydroxylation is 1. The van der Waals surface area contributed by atoms with Crippen molar-refractivity contribution in [3.05, 3.63) is 95.8 Å². The van der Waals surface area contributed by atoms with Gasteiger partial charge < -0.3 is 14.8 Å². The number of hydrogen-bond donors (Lipinski definition) is 2. The molecular weight excluding hydrogens is 540 g/mol. The number of carbonyl (C=O) groups is 1. The van der Waals surface area contributed by atoms with Crippen molar-refractivity contribution < 1.29 is 31.8 Å². The quantitative estimate of drug-likeness (QED) is 0.222. The number of H-pyrrole nitrogens is 1. The number of sulfone groups is 1. The molecule has 1 unspecified atom stereocenters. The molecule has 11 heteroatoms. The van der Waals surface area contributed by atoms with Gasteiger partial charge in [-0.3, -0.25) is 9.48 Å². The first-order valence-corrected chi connectivity index (χ1v) is 14.2. The smallest absolute Gasteiger partial charge is 0.303 e. The summed E-state index contributed by atoms with van der Waals surface area (Å²) in [4.78, 5) is 13.4. The number of ether oxygens (including phenoxy) is 1. The summed E-state index contributed by atoms with van der Waals surface area (Å²) in [5.74, 6) is -2.79. The van der Waals surface area contributed by atoms with Crippen molar-refractivity contribution in [3.8, 4) is 22.8 Å². The van der Waals surface area contributed by atoms with E-state index < -0.39 is 33.2 Å². The molecule has 206 valence electrons. The minimum atomic E-state index is -3.89. The van der Waals surface area contributed by atoms with E-state index in [1.807, 2.05) is 31.2 Å². The molecule has 2 N–H and O–H groups in total. The fourth-order valence-corrected chi connectivity index (χ4v) is 5.63. The average molecular weight is 566 g/mol. The summed E-state index contributed by atoms with van der Waals surface area (Å²) in [5.41, 5.74) is 2.47. The Hall–Kier alpha value is -4.51. The molecule has 0 aliphatic rings. The minimum absolute atomic E-state index is 0.0239. The monoisotopic (exact) mass is 565 g/mol. The number of benzene rings is 3. The number of aromatic amines is 1. The predicted molar refractivity (Wildman–Crippen MR) is 145 cm³/mol. The van der Waals surface area contributed by atoms with E-state index >= 15 is 4.39 Å². The Labute approximate surface area is 228 Å². The molecule has 0 bridgehead atoms. The predicted octanol–water partition coefficient (Wildman–Crippen LogP) is 6.13. The molecule has 8 nitrogen and oxygen atoms in total. The molecule has 0 aliphatic carbocycles. The molecule has 0 radical (unpaired) electrons. The van der Waals surface area contributed by atoms with E-state index in [1.165, 1.54) is 24.4 Å². The molecule has 0 fully saturated rings. The van der Waals surface area contributed by atoms with E-state index in [0.29, 0.717) is 17.6 Å². The van der Waals surface area contributed by atoms with Crippen LogP contribution < -0.4 is 4.74 Å². The number of aromatic nitrogens is 3. The van der Waals surface area contributed by atoms with Gasteiger partial charge in [-0.15, -0.1) is 0 Å². The highest BCUT2D eigenvalue weighted by molar-refractivity contribution is 7.91. The summed E-state index contributed by atoms with van der Waals surface area (Å²) < 4.78 is 62.4. The lowest BCUT2D eigenvalue weighted by Crippen LogP contribution is -2.08. The first-order chi connectivity index (χ1) is 19.0. The Bertz CT molecular complexity index is 1850. The third-order valence-electron chi connectivity index (χ3n) is 6.59. The molecule has 40 heavy (non-hydrogen) atoms. The van der Waals surface area contributed by atoms with E-state index in [4.69, 9.17) is 9.84 Å². The third kappa shape index (κ3) is 5.46. The highest BCUT2D eigenvalue weighted by Gasteiger charge is 2.25. The summed E-state index contributed by atoms with van der Waals surface area (Å²) in [6.45, 7) is 1.91. The Morgan fingerprint density at radius 1 is 1.10 bits per heavy atom. The number of rotatable bonds is 9. The van der Waals surface area contributed by atoms with Crippen LogP contribution in [0.4, 0.5) is 8.78 Å². The molecule has 5 aromatic rings. The number of carboxylic acids is 1. The highest BCUT2D eigenvalue weighted by Crippen LogP contribution is 2.38. The van der Waals surface area contributed by atoms with Crippen LogP contribution in [0.15, 0.2) is 78.0 Å². The fourth-order valence-electron chi connectivity index (χ4n) is 4.58. The van der Waals surface area contributed by atoms with E-state index in [0.717, 1.165) is 29.5 Å². The molecule has 0 saturated heterocycles. The molecule has 2 heterocycles. The third-order valence-corrected chi connectivity index (χ3v) is 7.74. The average Bonchev–Trinajstić information content (AvgIpc) is 3.57. The molecule has 5 rings (SSSR count). The van der Waals surface area contributed by atoms with Crippen LogP contribution in [0.25, 0.3) is 22.2 Å². The highest BCUT2D eigenvalue weighted by atomic mass is 32.2. The van der Waals surface area contributed by atoms with Crippen molar-refractivity contribution >= 4 is 26.7 Å². The van der Waals surface area contributed by atoms with Gasteiger partial charge in [0, 0.05) is 47.6 Å². The maximum absolute atomic E-state index is 15.0. The van der Waals surface area contributed by atoms with Gasteiger partial charge in [0.2, 0.25) is 0 Å². The summed E-state index contributed by atoms with van der Waals surface area (Å²) in [6.07, 6.45) is 4.58. The van der Waals surface area contributed by atoms with Gasteiger partial charge >= 0.3 is 5.97 Å². The lowest BCUT2D eigenvalue weighted by atomic mass is 10.0. The Morgan fingerprint density at radius 2 is 1.90 bits per heavy atom. The number of carboxylic acid groups (broad SMARTS) is 1. The second-order valence-electron chi connectivity index (χ2n) is 9.47. The van der Waals surface area contributed by atoms with Gasteiger partial charge in [0.05, 0.1) is 11.7 Å². The van der Waals surface area contributed by atoms with Gasteiger partial charge in [-0.1, -0.05) is 24.3 Å². The first kappa shape index (κ1) is 27.1. The Kier molecular flexibility index (Phi) is 7.16. The van der Waals surface area contributed by atoms with Crippen molar-refractivity contribution in [2.45, 2.75) is 30.7 Å². The van der Waals surface area contributed by atoms with Gasteiger partial charge in [0.15, 0.2) is 21.4 Å². The zero-order chi connectivity index (χ0) is 28.6. The van der Waals surface area contributed by atoms with E-state index in [1.54, 1.807) is 16.9 Å². The molecule has 0 amide bonds. The zero-order valence-corrected chi connectivity index (χ0v) is 22.4. The number of halogens is 2. The minimum Gasteiger partial charge on any atom is -0.481 e. The molecular formula is C29H25F2N3O5S. The van der Waals surface area contributed by atoms with Crippen LogP contribution in [-0.2, 0) is 21.1 Å². The summed E-state index contributed by atoms with van der Waals surface area (Å²) in [5, 5.41) is 13.8. The number of nitrogens with zero attached hydrogens (tertiary/aromatic N) is 2. The van der Waals surface area contributed by atoms with Gasteiger partial charge in [0.1, 0.15) is 16.5 Å². The van der Waals surface area contributed by atoms with Crippen LogP contribution in [0.2, 0.25) is 0 Å². The first-order valence-electron chi connectivity index (χ1n) is 12.3. The van der Waals surface area contributed by atoms with Crippen LogP contribution >= 0.6 is 0 Å². The van der Waals surface area contributed by atoms with Crippen molar-refractivity contribution in [1.82, 2.24) is 14.8 Å². The molecule has 0 aliphatic heterocycles. The molecule has 0 spiro atoms. The van der Waals surface area contributed by atoms with E-state index in [-0.39, 0.29) is 34.1 Å². The van der Waals surface area contributed by atoms with Gasteiger partial charge in [-0.05, 0) is 54.8 Å². The second kappa shape index (κ2) is 10.6. The Morgan fingerprint density at radius 3 is 2.65 bits per heavy atom. The maximum Gasteiger partial charge on any atom is 0.303 e. The van der Waals surface area contributed by atoms with Crippen LogP contribution in [0.1, 0.15) is 30.5 Å². The van der Waals surface area contributed by atoms with Gasteiger partial charge in [-0.25, -0.2) is 17.2 Å². The van der Waals surface area contributed by atoms with Gasteiger partial charge in [0.25, 0.3) is 0 Å². The van der Waals surface area contributed by atoms with Crippen LogP contribution in [0, 0.1) is 11.6 Å². The lowest BCUT2D eigenvalue weighted by molar-refractivity contribution is -0.136. The number of aliphatic carboxylic acids is 1. The van der Waals surface area contributed by atoms with Crippen molar-refractivity contribution in [1.29, 1.82) is 0 Å². The second-order valence-corrected chi connectivity index (χ2v) is 11.4. The SMILES string of the molecule is CC(c1cccc(CCC(=O)O)c1)n1ccc(-c2cc(Oc3c(F)cc4[nH]ccc4c3S(C)(=O)=O)ccc2F)n1. The van der Waals surface area contributed by atoms with Gasteiger partial charge in [-0.2, -0.15) is 5.10 Å². The number of hydrogen-bond acceptors (Lipinski definition) is 5. The molecule has 1 atom stereocenters. The normalized spacial score (nSPS) is 12.5. The largest absolute Gasteiger partial charge is 0.481 e. The maximum atomic E-state index is 15.0. The van der Waals surface area contributed by atoms with Crippen molar-refractivity contribution in [3.63, 3.8) is 0 Å². The summed E-state index contributed by atoms with van der Waals surface area (Å²) in [6, 6.07) is 15.4.